The van der Waals surface area contributed by atoms with Crippen molar-refractivity contribution in [1.29, 1.82) is 0 Å². The second kappa shape index (κ2) is 11.5. The van der Waals surface area contributed by atoms with Gasteiger partial charge in [0.05, 0.1) is 29.9 Å². The number of carbonyl (C=O) groups is 1. The standard InChI is InChI=1S/C31H31N3O5/c1-3-38-26-15-11-21(12-16-26)19-23-7-6-10-28-29(23)32-33(30(28)22-13-17-27(18-14-22)39-4-2)31(35)24-8-5-9-25(20-24)34(36)37/h5,8-9,11-20,28,30H,3-4,6-7,10H2,1-2H3/b23-19-. The third-order valence-electron chi connectivity index (χ3n) is 7.08. The van der Waals surface area contributed by atoms with E-state index in [4.69, 9.17) is 14.6 Å². The van der Waals surface area contributed by atoms with Crippen LogP contribution in [0.2, 0.25) is 0 Å². The number of benzene rings is 3. The summed E-state index contributed by atoms with van der Waals surface area (Å²) in [6.45, 7) is 5.07. The molecule has 3 aromatic rings. The summed E-state index contributed by atoms with van der Waals surface area (Å²) in [6.07, 6.45) is 4.85. The summed E-state index contributed by atoms with van der Waals surface area (Å²) in [5.41, 5.74) is 4.09. The largest absolute Gasteiger partial charge is 0.494 e. The van der Waals surface area contributed by atoms with Crippen molar-refractivity contribution in [2.45, 2.75) is 39.2 Å². The zero-order chi connectivity index (χ0) is 27.4. The molecule has 0 radical (unpaired) electrons. The van der Waals surface area contributed by atoms with E-state index in [1.165, 1.54) is 23.2 Å². The van der Waals surface area contributed by atoms with Crippen LogP contribution in [0.5, 0.6) is 11.5 Å². The molecule has 2 atom stereocenters. The average molecular weight is 526 g/mol. The molecule has 2 unspecified atom stereocenters. The number of nitrogens with zero attached hydrogens (tertiary/aromatic N) is 3. The Hall–Kier alpha value is -4.46. The maximum atomic E-state index is 13.8. The van der Waals surface area contributed by atoms with Gasteiger partial charge in [-0.25, -0.2) is 5.01 Å². The van der Waals surface area contributed by atoms with Crippen molar-refractivity contribution in [3.63, 3.8) is 0 Å². The second-order valence-electron chi connectivity index (χ2n) is 9.56. The molecule has 0 saturated heterocycles. The Morgan fingerprint density at radius 1 is 1.03 bits per heavy atom. The highest BCUT2D eigenvalue weighted by molar-refractivity contribution is 6.09. The molecule has 1 fully saturated rings. The Labute approximate surface area is 227 Å². The lowest BCUT2D eigenvalue weighted by atomic mass is 9.77. The minimum atomic E-state index is -0.492. The molecule has 8 heteroatoms. The Bertz CT molecular complexity index is 1410. The summed E-state index contributed by atoms with van der Waals surface area (Å²) in [4.78, 5) is 24.7. The minimum absolute atomic E-state index is 0.00768. The highest BCUT2D eigenvalue weighted by Crippen LogP contribution is 2.45. The van der Waals surface area contributed by atoms with E-state index in [0.717, 1.165) is 53.2 Å². The van der Waals surface area contributed by atoms with Crippen molar-refractivity contribution in [2.75, 3.05) is 13.2 Å². The Morgan fingerprint density at radius 3 is 2.33 bits per heavy atom. The maximum absolute atomic E-state index is 13.8. The lowest BCUT2D eigenvalue weighted by Crippen LogP contribution is -2.32. The van der Waals surface area contributed by atoms with Crippen LogP contribution in [0.1, 0.15) is 60.6 Å². The summed E-state index contributed by atoms with van der Waals surface area (Å²) in [5, 5.41) is 17.8. The first-order valence-corrected chi connectivity index (χ1v) is 13.3. The molecule has 0 bridgehead atoms. The van der Waals surface area contributed by atoms with E-state index >= 15 is 0 Å². The molecule has 3 aromatic carbocycles. The molecule has 1 aliphatic heterocycles. The predicted octanol–water partition coefficient (Wildman–Crippen LogP) is 6.83. The van der Waals surface area contributed by atoms with Crippen LogP contribution in [0, 0.1) is 16.0 Å². The van der Waals surface area contributed by atoms with Crippen LogP contribution >= 0.6 is 0 Å². The first kappa shape index (κ1) is 26.2. The van der Waals surface area contributed by atoms with Gasteiger partial charge in [0.2, 0.25) is 0 Å². The fourth-order valence-corrected chi connectivity index (χ4v) is 5.34. The number of non-ortho nitro benzene ring substituents is 1. The number of rotatable bonds is 8. The van der Waals surface area contributed by atoms with Gasteiger partial charge in [0.25, 0.3) is 11.6 Å². The number of hydrogen-bond donors (Lipinski definition) is 0. The number of hydrogen-bond acceptors (Lipinski definition) is 6. The van der Waals surface area contributed by atoms with Crippen LogP contribution < -0.4 is 9.47 Å². The third-order valence-corrected chi connectivity index (χ3v) is 7.08. The van der Waals surface area contributed by atoms with Crippen molar-refractivity contribution in [3.05, 3.63) is 105 Å². The molecular formula is C31H31N3O5. The normalized spacial score (nSPS) is 19.4. The van der Waals surface area contributed by atoms with E-state index in [-0.39, 0.29) is 29.1 Å². The molecule has 0 aromatic heterocycles. The van der Waals surface area contributed by atoms with Crippen LogP contribution in [0.25, 0.3) is 6.08 Å². The van der Waals surface area contributed by atoms with Crippen LogP contribution in [0.4, 0.5) is 5.69 Å². The molecule has 39 heavy (non-hydrogen) atoms. The van der Waals surface area contributed by atoms with E-state index in [2.05, 4.69) is 6.08 Å². The van der Waals surface area contributed by atoms with E-state index in [0.29, 0.717) is 13.2 Å². The first-order valence-electron chi connectivity index (χ1n) is 13.3. The number of hydrazone groups is 1. The molecule has 1 amide bonds. The van der Waals surface area contributed by atoms with Gasteiger partial charge in [0.15, 0.2) is 0 Å². The molecule has 200 valence electrons. The van der Waals surface area contributed by atoms with Crippen LogP contribution in [-0.4, -0.2) is 34.8 Å². The monoisotopic (exact) mass is 525 g/mol. The third kappa shape index (κ3) is 5.55. The highest BCUT2D eigenvalue weighted by atomic mass is 16.6. The van der Waals surface area contributed by atoms with Gasteiger partial charge in [-0.1, -0.05) is 30.3 Å². The number of ether oxygens (including phenoxy) is 2. The van der Waals surface area contributed by atoms with Crippen molar-refractivity contribution in [1.82, 2.24) is 5.01 Å². The number of nitro benzene ring substituents is 1. The SMILES string of the molecule is CCOc1ccc(/C=C2/CCCC3C2=NN(C(=O)c2cccc([N+](=O)[O-])c2)C3c2ccc(OCC)cc2)cc1. The topological polar surface area (TPSA) is 94.3 Å². The molecule has 0 spiro atoms. The van der Waals surface area contributed by atoms with Crippen molar-refractivity contribution < 1.29 is 19.2 Å². The van der Waals surface area contributed by atoms with Gasteiger partial charge in [0, 0.05) is 23.6 Å². The molecule has 1 saturated carbocycles. The van der Waals surface area contributed by atoms with Crippen molar-refractivity contribution in [3.8, 4) is 11.5 Å². The second-order valence-corrected chi connectivity index (χ2v) is 9.56. The first-order chi connectivity index (χ1) is 19.0. The van der Waals surface area contributed by atoms with Gasteiger partial charge in [0.1, 0.15) is 11.5 Å². The van der Waals surface area contributed by atoms with E-state index in [1.807, 2.05) is 62.4 Å². The number of fused-ring (bicyclic) bond motifs is 1. The number of allylic oxidation sites excluding steroid dienone is 1. The van der Waals surface area contributed by atoms with E-state index in [9.17, 15) is 14.9 Å². The fraction of sp³-hybridized carbons (Fsp3) is 0.290. The Balaban J connectivity index is 1.53. The molecular weight excluding hydrogens is 494 g/mol. The zero-order valence-electron chi connectivity index (χ0n) is 22.1. The fourth-order valence-electron chi connectivity index (χ4n) is 5.34. The summed E-state index contributed by atoms with van der Waals surface area (Å²) in [7, 11) is 0. The lowest BCUT2D eigenvalue weighted by Gasteiger charge is -2.29. The van der Waals surface area contributed by atoms with Gasteiger partial charge in [-0.2, -0.15) is 5.10 Å². The smallest absolute Gasteiger partial charge is 0.274 e. The number of nitro groups is 1. The van der Waals surface area contributed by atoms with Gasteiger partial charge < -0.3 is 9.47 Å². The quantitative estimate of drug-likeness (QED) is 0.237. The maximum Gasteiger partial charge on any atom is 0.274 e. The minimum Gasteiger partial charge on any atom is -0.494 e. The van der Waals surface area contributed by atoms with Gasteiger partial charge >= 0.3 is 0 Å². The van der Waals surface area contributed by atoms with Crippen LogP contribution in [0.15, 0.2) is 83.5 Å². The van der Waals surface area contributed by atoms with Gasteiger partial charge in [-0.15, -0.1) is 0 Å². The number of amides is 1. The van der Waals surface area contributed by atoms with E-state index < -0.39 is 4.92 Å². The highest BCUT2D eigenvalue weighted by Gasteiger charge is 2.44. The summed E-state index contributed by atoms with van der Waals surface area (Å²) in [6, 6.07) is 21.2. The lowest BCUT2D eigenvalue weighted by molar-refractivity contribution is -0.384. The number of carbonyl (C=O) groups excluding carboxylic acids is 1. The van der Waals surface area contributed by atoms with Gasteiger partial charge in [-0.3, -0.25) is 14.9 Å². The molecule has 2 aliphatic rings. The molecule has 1 heterocycles. The van der Waals surface area contributed by atoms with Crippen molar-refractivity contribution >= 4 is 23.4 Å². The Morgan fingerprint density at radius 2 is 1.69 bits per heavy atom. The summed E-state index contributed by atoms with van der Waals surface area (Å²) >= 11 is 0. The molecule has 0 N–H and O–H groups in total. The van der Waals surface area contributed by atoms with Crippen molar-refractivity contribution in [2.24, 2.45) is 11.0 Å². The molecule has 1 aliphatic carbocycles. The van der Waals surface area contributed by atoms with Gasteiger partial charge in [-0.05, 0) is 86.2 Å². The Kier molecular flexibility index (Phi) is 7.72. The zero-order valence-corrected chi connectivity index (χ0v) is 22.1. The summed E-state index contributed by atoms with van der Waals surface area (Å²) in [5.74, 6) is 1.23. The predicted molar refractivity (Wildman–Crippen MR) is 150 cm³/mol. The van der Waals surface area contributed by atoms with Crippen LogP contribution in [-0.2, 0) is 0 Å². The van der Waals surface area contributed by atoms with Crippen LogP contribution in [0.3, 0.4) is 0 Å². The molecule has 5 rings (SSSR count). The molecule has 8 nitrogen and oxygen atoms in total. The summed E-state index contributed by atoms with van der Waals surface area (Å²) < 4.78 is 11.2. The average Bonchev–Trinajstić information content (AvgIpc) is 3.35. The van der Waals surface area contributed by atoms with E-state index in [1.54, 1.807) is 6.07 Å².